The lowest BCUT2D eigenvalue weighted by Gasteiger charge is -1.99. The second-order valence-electron chi connectivity index (χ2n) is 2.34. The van der Waals surface area contributed by atoms with E-state index in [1.807, 2.05) is 0 Å². The molecule has 0 bridgehead atoms. The van der Waals surface area contributed by atoms with Crippen molar-refractivity contribution >= 4 is 10.0 Å². The number of benzene rings is 1. The smallest absolute Gasteiger partial charge is 0.238 e. The van der Waals surface area contributed by atoms with Crippen molar-refractivity contribution in [2.24, 2.45) is 5.14 Å². The van der Waals surface area contributed by atoms with E-state index < -0.39 is 10.0 Å². The van der Waals surface area contributed by atoms with Crippen molar-refractivity contribution < 1.29 is 13.5 Å². The van der Waals surface area contributed by atoms with Crippen molar-refractivity contribution in [2.75, 3.05) is 0 Å². The lowest BCUT2D eigenvalue weighted by Crippen LogP contribution is -2.12. The molecule has 0 unspecified atom stereocenters. The van der Waals surface area contributed by atoms with Gasteiger partial charge < -0.3 is 5.11 Å². The highest BCUT2D eigenvalue weighted by molar-refractivity contribution is 7.89. The number of nitrogens with zero attached hydrogens (tertiary/aromatic N) is 1. The molecule has 1 rings (SSSR count). The molecule has 0 aliphatic rings. The molecule has 0 aromatic heterocycles. The minimum absolute atomic E-state index is 0.119. The van der Waals surface area contributed by atoms with Gasteiger partial charge in [-0.15, -0.1) is 0 Å². The minimum Gasteiger partial charge on any atom is -0.507 e. The van der Waals surface area contributed by atoms with E-state index in [0.717, 1.165) is 18.2 Å². The normalized spacial score (nSPS) is 10.8. The van der Waals surface area contributed by atoms with Crippen molar-refractivity contribution in [3.63, 3.8) is 0 Å². The van der Waals surface area contributed by atoms with E-state index in [9.17, 15) is 8.42 Å². The maximum Gasteiger partial charge on any atom is 0.238 e. The van der Waals surface area contributed by atoms with Gasteiger partial charge in [-0.2, -0.15) is 5.26 Å². The molecule has 0 atom stereocenters. The van der Waals surface area contributed by atoms with Crippen molar-refractivity contribution in [1.82, 2.24) is 0 Å². The van der Waals surface area contributed by atoms with E-state index in [1.54, 1.807) is 6.07 Å². The number of rotatable bonds is 1. The Kier molecular flexibility index (Phi) is 2.23. The SMILES string of the molecule is N#Cc1cc(S(N)(=O)=O)ccc1O. The number of phenols is 1. The van der Waals surface area contributed by atoms with Crippen LogP contribution < -0.4 is 5.14 Å². The molecule has 1 aromatic carbocycles. The van der Waals surface area contributed by atoms with Crippen LogP contribution in [0.3, 0.4) is 0 Å². The molecule has 0 amide bonds. The highest BCUT2D eigenvalue weighted by atomic mass is 32.2. The Labute approximate surface area is 75.1 Å². The molecule has 0 saturated carbocycles. The summed E-state index contributed by atoms with van der Waals surface area (Å²) >= 11 is 0. The molecule has 3 N–H and O–H groups in total. The van der Waals surface area contributed by atoms with Gasteiger partial charge in [0.25, 0.3) is 0 Å². The fourth-order valence-electron chi connectivity index (χ4n) is 0.782. The standard InChI is InChI=1S/C7H6N2O3S/c8-4-5-3-6(13(9,11)12)1-2-7(5)10/h1-3,10H,(H2,9,11,12). The Hall–Kier alpha value is -1.58. The molecule has 0 aliphatic carbocycles. The summed E-state index contributed by atoms with van der Waals surface area (Å²) in [7, 11) is -3.81. The largest absolute Gasteiger partial charge is 0.507 e. The van der Waals surface area contributed by atoms with Gasteiger partial charge in [0.05, 0.1) is 10.5 Å². The summed E-state index contributed by atoms with van der Waals surface area (Å²) in [5.41, 5.74) is -0.119. The summed E-state index contributed by atoms with van der Waals surface area (Å²) in [5, 5.41) is 22.3. The number of hydrogen-bond acceptors (Lipinski definition) is 4. The molecule has 0 spiro atoms. The van der Waals surface area contributed by atoms with Gasteiger partial charge in [-0.25, -0.2) is 13.6 Å². The first-order chi connectivity index (χ1) is 5.95. The zero-order chi connectivity index (χ0) is 10.1. The second kappa shape index (κ2) is 3.05. The van der Waals surface area contributed by atoms with Gasteiger partial charge in [-0.3, -0.25) is 0 Å². The molecule has 0 saturated heterocycles. The molecule has 0 aliphatic heterocycles. The van der Waals surface area contributed by atoms with Crippen LogP contribution >= 0.6 is 0 Å². The number of aromatic hydroxyl groups is 1. The van der Waals surface area contributed by atoms with Gasteiger partial charge >= 0.3 is 0 Å². The number of primary sulfonamides is 1. The average molecular weight is 198 g/mol. The lowest BCUT2D eigenvalue weighted by molar-refractivity contribution is 0.473. The molecule has 6 heteroatoms. The second-order valence-corrected chi connectivity index (χ2v) is 3.90. The molecular formula is C7H6N2O3S. The number of nitriles is 1. The van der Waals surface area contributed by atoms with E-state index in [0.29, 0.717) is 0 Å². The molecule has 1 aromatic rings. The van der Waals surface area contributed by atoms with Gasteiger partial charge in [0, 0.05) is 0 Å². The number of phenolic OH excluding ortho intramolecular Hbond substituents is 1. The molecule has 13 heavy (non-hydrogen) atoms. The molecule has 0 fully saturated rings. The van der Waals surface area contributed by atoms with E-state index in [-0.39, 0.29) is 16.2 Å². The highest BCUT2D eigenvalue weighted by Gasteiger charge is 2.10. The predicted octanol–water partition coefficient (Wildman–Crippen LogP) is -0.0887. The van der Waals surface area contributed by atoms with Crippen LogP contribution in [0.25, 0.3) is 0 Å². The van der Waals surface area contributed by atoms with Crippen LogP contribution in [0, 0.1) is 11.3 Å². The number of sulfonamides is 1. The van der Waals surface area contributed by atoms with Crippen LogP contribution in [0.2, 0.25) is 0 Å². The molecular weight excluding hydrogens is 192 g/mol. The topological polar surface area (TPSA) is 104 Å². The van der Waals surface area contributed by atoms with Crippen LogP contribution in [0.5, 0.6) is 5.75 Å². The van der Waals surface area contributed by atoms with Gasteiger partial charge in [0.1, 0.15) is 11.8 Å². The first-order valence-electron chi connectivity index (χ1n) is 3.21. The van der Waals surface area contributed by atoms with Crippen LogP contribution in [0.15, 0.2) is 23.1 Å². The van der Waals surface area contributed by atoms with Gasteiger partial charge in [0.15, 0.2) is 0 Å². The number of hydrogen-bond donors (Lipinski definition) is 2. The Morgan fingerprint density at radius 2 is 2.08 bits per heavy atom. The summed E-state index contributed by atoms with van der Waals surface area (Å²) in [6.45, 7) is 0. The summed E-state index contributed by atoms with van der Waals surface area (Å²) in [4.78, 5) is -0.193. The van der Waals surface area contributed by atoms with Gasteiger partial charge in [-0.1, -0.05) is 0 Å². The lowest BCUT2D eigenvalue weighted by atomic mass is 10.2. The fourth-order valence-corrected chi connectivity index (χ4v) is 1.32. The Balaban J connectivity index is 3.41. The van der Waals surface area contributed by atoms with Crippen LogP contribution in [0.4, 0.5) is 0 Å². The first-order valence-corrected chi connectivity index (χ1v) is 4.75. The summed E-state index contributed by atoms with van der Waals surface area (Å²) in [6, 6.07) is 4.90. The quantitative estimate of drug-likeness (QED) is 0.657. The van der Waals surface area contributed by atoms with Gasteiger partial charge in [-0.05, 0) is 18.2 Å². The van der Waals surface area contributed by atoms with E-state index in [2.05, 4.69) is 0 Å². The monoisotopic (exact) mass is 198 g/mol. The third-order valence-corrected chi connectivity index (χ3v) is 2.33. The van der Waals surface area contributed by atoms with E-state index in [4.69, 9.17) is 15.5 Å². The van der Waals surface area contributed by atoms with E-state index >= 15 is 0 Å². The zero-order valence-corrected chi connectivity index (χ0v) is 7.25. The first kappa shape index (κ1) is 9.51. The van der Waals surface area contributed by atoms with Crippen molar-refractivity contribution in [2.45, 2.75) is 4.90 Å². The predicted molar refractivity (Wildman–Crippen MR) is 44.2 cm³/mol. The van der Waals surface area contributed by atoms with Gasteiger partial charge in [0.2, 0.25) is 10.0 Å². The minimum atomic E-state index is -3.81. The van der Waals surface area contributed by atoms with E-state index in [1.165, 1.54) is 0 Å². The Morgan fingerprint density at radius 1 is 1.46 bits per heavy atom. The van der Waals surface area contributed by atoms with Crippen LogP contribution in [-0.4, -0.2) is 13.5 Å². The molecule has 68 valence electrons. The maximum atomic E-state index is 10.8. The molecule has 0 radical (unpaired) electrons. The van der Waals surface area contributed by atoms with Crippen molar-refractivity contribution in [1.29, 1.82) is 5.26 Å². The highest BCUT2D eigenvalue weighted by Crippen LogP contribution is 2.19. The summed E-state index contributed by atoms with van der Waals surface area (Å²) in [6.07, 6.45) is 0. The van der Waals surface area contributed by atoms with Crippen molar-refractivity contribution in [3.05, 3.63) is 23.8 Å². The zero-order valence-electron chi connectivity index (χ0n) is 6.43. The van der Waals surface area contributed by atoms with Crippen molar-refractivity contribution in [3.8, 4) is 11.8 Å². The average Bonchev–Trinajstić information content (AvgIpc) is 2.03. The summed E-state index contributed by atoms with van der Waals surface area (Å²) in [5.74, 6) is -0.269. The molecule has 0 heterocycles. The Bertz CT molecular complexity index is 473. The third-order valence-electron chi connectivity index (χ3n) is 1.42. The third kappa shape index (κ3) is 1.96. The summed E-state index contributed by atoms with van der Waals surface area (Å²) < 4.78 is 21.6. The fraction of sp³-hybridized carbons (Fsp3) is 0. The molecule has 5 nitrogen and oxygen atoms in total. The number of nitrogens with two attached hydrogens (primary N) is 1. The maximum absolute atomic E-state index is 10.8. The Morgan fingerprint density at radius 3 is 2.54 bits per heavy atom. The van der Waals surface area contributed by atoms with Crippen LogP contribution in [0.1, 0.15) is 5.56 Å². The van der Waals surface area contributed by atoms with Crippen LogP contribution in [-0.2, 0) is 10.0 Å².